The van der Waals surface area contributed by atoms with E-state index < -0.39 is 0 Å². The third-order valence-corrected chi connectivity index (χ3v) is 2.00. The Hall–Kier alpha value is -0.860. The fourth-order valence-corrected chi connectivity index (χ4v) is 1.42. The second kappa shape index (κ2) is 4.91. The molecule has 0 radical (unpaired) electrons. The molecule has 2 N–H and O–H groups in total. The Kier molecular flexibility index (Phi) is 3.77. The van der Waals surface area contributed by atoms with E-state index in [1.54, 1.807) is 0 Å². The van der Waals surface area contributed by atoms with Crippen molar-refractivity contribution in [3.05, 3.63) is 35.4 Å². The monoisotopic (exact) mass is 165 g/mol. The summed E-state index contributed by atoms with van der Waals surface area (Å²) >= 11 is 0. The van der Waals surface area contributed by atoms with Gasteiger partial charge in [0.15, 0.2) is 0 Å². The minimum absolute atomic E-state index is 1.00. The number of aliphatic hydroxyl groups excluding tert-OH is 1. The van der Waals surface area contributed by atoms with E-state index in [-0.39, 0.29) is 0 Å². The van der Waals surface area contributed by atoms with Gasteiger partial charge in [0.1, 0.15) is 0 Å². The molecule has 1 aliphatic heterocycles. The number of hydrogen-bond acceptors (Lipinski definition) is 2. The normalized spacial score (nSPS) is 14.2. The molecule has 0 aliphatic carbocycles. The van der Waals surface area contributed by atoms with Crippen molar-refractivity contribution in [2.45, 2.75) is 13.0 Å². The highest BCUT2D eigenvalue weighted by molar-refractivity contribution is 5.28. The quantitative estimate of drug-likeness (QED) is 0.599. The van der Waals surface area contributed by atoms with Crippen LogP contribution in [0, 0.1) is 0 Å². The van der Waals surface area contributed by atoms with E-state index >= 15 is 0 Å². The molecule has 0 saturated heterocycles. The van der Waals surface area contributed by atoms with Crippen LogP contribution in [0.3, 0.4) is 0 Å². The van der Waals surface area contributed by atoms with E-state index in [2.05, 4.69) is 29.6 Å². The van der Waals surface area contributed by atoms with Crippen molar-refractivity contribution in [2.75, 3.05) is 13.7 Å². The number of rotatable bonds is 0. The molecule has 0 spiro atoms. The first-order valence-corrected chi connectivity index (χ1v) is 4.19. The predicted molar refractivity (Wildman–Crippen MR) is 50.0 cm³/mol. The van der Waals surface area contributed by atoms with Gasteiger partial charge in [-0.25, -0.2) is 0 Å². The van der Waals surface area contributed by atoms with Gasteiger partial charge in [0.25, 0.3) is 0 Å². The van der Waals surface area contributed by atoms with Crippen molar-refractivity contribution in [3.63, 3.8) is 0 Å². The first-order valence-electron chi connectivity index (χ1n) is 4.19. The third kappa shape index (κ3) is 2.06. The van der Waals surface area contributed by atoms with Crippen molar-refractivity contribution in [3.8, 4) is 0 Å². The molecule has 2 nitrogen and oxygen atoms in total. The fraction of sp³-hybridized carbons (Fsp3) is 0.400. The van der Waals surface area contributed by atoms with Crippen LogP contribution in [0.2, 0.25) is 0 Å². The molecule has 0 fully saturated rings. The molecule has 2 rings (SSSR count). The van der Waals surface area contributed by atoms with E-state index in [1.807, 2.05) is 0 Å². The summed E-state index contributed by atoms with van der Waals surface area (Å²) in [4.78, 5) is 0. The molecule has 0 amide bonds. The summed E-state index contributed by atoms with van der Waals surface area (Å²) in [6.45, 7) is 2.19. The van der Waals surface area contributed by atoms with E-state index in [9.17, 15) is 0 Å². The highest BCUT2D eigenvalue weighted by atomic mass is 16.2. The van der Waals surface area contributed by atoms with Gasteiger partial charge in [0.2, 0.25) is 0 Å². The molecule has 0 atom stereocenters. The Balaban J connectivity index is 0.000000336. The lowest BCUT2D eigenvalue weighted by molar-refractivity contribution is 0.399. The van der Waals surface area contributed by atoms with E-state index in [1.165, 1.54) is 17.5 Å². The average molecular weight is 165 g/mol. The number of benzene rings is 1. The van der Waals surface area contributed by atoms with Crippen LogP contribution in [0.5, 0.6) is 0 Å². The minimum Gasteiger partial charge on any atom is -0.400 e. The van der Waals surface area contributed by atoms with Crippen molar-refractivity contribution in [1.29, 1.82) is 0 Å². The molecule has 0 unspecified atom stereocenters. The van der Waals surface area contributed by atoms with Crippen LogP contribution in [-0.2, 0) is 13.0 Å². The maximum Gasteiger partial charge on any atom is 0.0319 e. The second-order valence-corrected chi connectivity index (χ2v) is 2.70. The Morgan fingerprint density at radius 2 is 1.83 bits per heavy atom. The van der Waals surface area contributed by atoms with Gasteiger partial charge in [0.05, 0.1) is 0 Å². The van der Waals surface area contributed by atoms with Gasteiger partial charge in [-0.2, -0.15) is 0 Å². The standard InChI is InChI=1S/C9H11N.CH4O/c1-2-4-9-7-10-6-5-8(9)3-1;1-2/h1-4,10H,5-7H2;2H,1H3. The summed E-state index contributed by atoms with van der Waals surface area (Å²) in [6, 6.07) is 8.63. The lowest BCUT2D eigenvalue weighted by atomic mass is 10.0. The molecule has 1 aliphatic rings. The van der Waals surface area contributed by atoms with Crippen LogP contribution in [0.15, 0.2) is 24.3 Å². The third-order valence-electron chi connectivity index (χ3n) is 2.00. The first kappa shape index (κ1) is 9.23. The van der Waals surface area contributed by atoms with Crippen LogP contribution in [0.1, 0.15) is 11.1 Å². The summed E-state index contributed by atoms with van der Waals surface area (Å²) in [5.41, 5.74) is 2.98. The van der Waals surface area contributed by atoms with Crippen LogP contribution < -0.4 is 5.32 Å². The Bertz CT molecular complexity index is 210. The lowest BCUT2D eigenvalue weighted by Gasteiger charge is -2.15. The Morgan fingerprint density at radius 1 is 1.17 bits per heavy atom. The van der Waals surface area contributed by atoms with Gasteiger partial charge < -0.3 is 10.4 Å². The molecule has 0 saturated carbocycles. The topological polar surface area (TPSA) is 32.3 Å². The highest BCUT2D eigenvalue weighted by Gasteiger charge is 2.05. The van der Waals surface area contributed by atoms with Gasteiger partial charge in [-0.15, -0.1) is 0 Å². The molecule has 0 bridgehead atoms. The summed E-state index contributed by atoms with van der Waals surface area (Å²) < 4.78 is 0. The van der Waals surface area contributed by atoms with Crippen LogP contribution in [0.4, 0.5) is 0 Å². The second-order valence-electron chi connectivity index (χ2n) is 2.70. The zero-order valence-electron chi connectivity index (χ0n) is 7.38. The molecule has 1 heterocycles. The molecule has 1 aromatic carbocycles. The molecular weight excluding hydrogens is 150 g/mol. The predicted octanol–water partition coefficient (Wildman–Crippen LogP) is 0.941. The van der Waals surface area contributed by atoms with Crippen LogP contribution in [0.25, 0.3) is 0 Å². The highest BCUT2D eigenvalue weighted by Crippen LogP contribution is 2.11. The van der Waals surface area contributed by atoms with Crippen molar-refractivity contribution < 1.29 is 5.11 Å². The molecule has 1 aromatic rings. The summed E-state index contributed by atoms with van der Waals surface area (Å²) in [5.74, 6) is 0. The zero-order valence-corrected chi connectivity index (χ0v) is 7.38. The number of nitrogens with one attached hydrogen (secondary N) is 1. The van der Waals surface area contributed by atoms with Crippen LogP contribution in [-0.4, -0.2) is 18.8 Å². The number of aliphatic hydroxyl groups is 1. The van der Waals surface area contributed by atoms with Crippen molar-refractivity contribution in [2.24, 2.45) is 0 Å². The number of hydrogen-bond donors (Lipinski definition) is 2. The van der Waals surface area contributed by atoms with E-state index in [0.717, 1.165) is 20.2 Å². The smallest absolute Gasteiger partial charge is 0.0319 e. The Labute approximate surface area is 73.2 Å². The largest absolute Gasteiger partial charge is 0.400 e. The van der Waals surface area contributed by atoms with Gasteiger partial charge in [0, 0.05) is 13.7 Å². The summed E-state index contributed by atoms with van der Waals surface area (Å²) in [5, 5.41) is 10.3. The van der Waals surface area contributed by atoms with Crippen molar-refractivity contribution in [1.82, 2.24) is 5.32 Å². The van der Waals surface area contributed by atoms with Crippen LogP contribution >= 0.6 is 0 Å². The fourth-order valence-electron chi connectivity index (χ4n) is 1.42. The average Bonchev–Trinajstić information content (AvgIpc) is 2.21. The molecule has 66 valence electrons. The molecule has 2 heteroatoms. The van der Waals surface area contributed by atoms with Gasteiger partial charge >= 0.3 is 0 Å². The molecule has 0 aromatic heterocycles. The molecule has 12 heavy (non-hydrogen) atoms. The summed E-state index contributed by atoms with van der Waals surface area (Å²) in [6.07, 6.45) is 1.19. The van der Waals surface area contributed by atoms with Gasteiger partial charge in [-0.3, -0.25) is 0 Å². The molecular formula is C10H15NO. The number of fused-ring (bicyclic) bond motifs is 1. The van der Waals surface area contributed by atoms with E-state index in [0.29, 0.717) is 0 Å². The maximum atomic E-state index is 7.00. The first-order chi connectivity index (χ1) is 5.97. The Morgan fingerprint density at radius 3 is 2.50 bits per heavy atom. The lowest BCUT2D eigenvalue weighted by Crippen LogP contribution is -2.23. The minimum atomic E-state index is 1.00. The summed E-state index contributed by atoms with van der Waals surface area (Å²) in [7, 11) is 1.00. The zero-order chi connectivity index (χ0) is 8.81. The van der Waals surface area contributed by atoms with Gasteiger partial charge in [-0.1, -0.05) is 24.3 Å². The maximum absolute atomic E-state index is 7.00. The SMILES string of the molecule is CO.c1ccc2c(c1)CCNC2. The van der Waals surface area contributed by atoms with Gasteiger partial charge in [-0.05, 0) is 24.1 Å². The van der Waals surface area contributed by atoms with E-state index in [4.69, 9.17) is 5.11 Å². The van der Waals surface area contributed by atoms with Crippen molar-refractivity contribution >= 4 is 0 Å².